The molecule has 0 aliphatic carbocycles. The van der Waals surface area contributed by atoms with Crippen molar-refractivity contribution in [2.75, 3.05) is 0 Å². The van der Waals surface area contributed by atoms with Gasteiger partial charge in [-0.05, 0) is 44.0 Å². The molecule has 0 aliphatic heterocycles. The molecule has 1 aromatic carbocycles. The van der Waals surface area contributed by atoms with Crippen LogP contribution in [0.2, 0.25) is 0 Å². The molecule has 0 radical (unpaired) electrons. The zero-order chi connectivity index (χ0) is 12.4. The van der Waals surface area contributed by atoms with Gasteiger partial charge in [0.2, 0.25) is 0 Å². The normalized spacial score (nSPS) is 10.6. The van der Waals surface area contributed by atoms with Crippen LogP contribution in [0.4, 0.5) is 0 Å². The highest BCUT2D eigenvalue weighted by Gasteiger charge is 2.04. The van der Waals surface area contributed by atoms with Crippen molar-refractivity contribution in [3.8, 4) is 5.75 Å². The van der Waals surface area contributed by atoms with Crippen LogP contribution in [0.25, 0.3) is 0 Å². The van der Waals surface area contributed by atoms with Gasteiger partial charge in [0.1, 0.15) is 17.4 Å². The van der Waals surface area contributed by atoms with Gasteiger partial charge in [0.15, 0.2) is 0 Å². The van der Waals surface area contributed by atoms with Crippen molar-refractivity contribution in [1.82, 2.24) is 4.98 Å². The minimum absolute atomic E-state index is 0.541. The van der Waals surface area contributed by atoms with Gasteiger partial charge >= 0.3 is 0 Å². The topological polar surface area (TPSA) is 22.1 Å². The van der Waals surface area contributed by atoms with E-state index in [0.29, 0.717) is 6.61 Å². The molecular weight excluding hydrogens is 298 g/mol. The molecule has 0 amide bonds. The Morgan fingerprint density at radius 1 is 1.24 bits per heavy atom. The number of hydrogen-bond donors (Lipinski definition) is 0. The molecule has 90 valence electrons. The summed E-state index contributed by atoms with van der Waals surface area (Å²) in [5.41, 5.74) is 3.43. The number of thiazole rings is 1. The summed E-state index contributed by atoms with van der Waals surface area (Å²) in [6.07, 6.45) is 0. The first-order valence-corrected chi connectivity index (χ1v) is 7.04. The quantitative estimate of drug-likeness (QED) is 0.837. The Bertz CT molecular complexity index is 513. The Kier molecular flexibility index (Phi) is 3.84. The van der Waals surface area contributed by atoms with E-state index in [1.165, 1.54) is 11.1 Å². The molecule has 1 heterocycles. The molecule has 2 rings (SSSR count). The largest absolute Gasteiger partial charge is 0.486 e. The van der Waals surface area contributed by atoms with Gasteiger partial charge in [-0.25, -0.2) is 4.98 Å². The van der Waals surface area contributed by atoms with Gasteiger partial charge in [-0.3, -0.25) is 0 Å². The van der Waals surface area contributed by atoms with Crippen LogP contribution >= 0.6 is 27.3 Å². The van der Waals surface area contributed by atoms with Gasteiger partial charge in [-0.15, -0.1) is 11.3 Å². The van der Waals surface area contributed by atoms with E-state index in [0.717, 1.165) is 20.9 Å². The van der Waals surface area contributed by atoms with E-state index in [2.05, 4.69) is 34.8 Å². The molecule has 0 bridgehead atoms. The Hall–Kier alpha value is -0.870. The van der Waals surface area contributed by atoms with Gasteiger partial charge in [0, 0.05) is 15.5 Å². The zero-order valence-electron chi connectivity index (χ0n) is 10.1. The van der Waals surface area contributed by atoms with Crippen molar-refractivity contribution >= 4 is 27.3 Å². The average molecular weight is 312 g/mol. The van der Waals surface area contributed by atoms with Crippen LogP contribution in [-0.4, -0.2) is 4.98 Å². The van der Waals surface area contributed by atoms with Crippen LogP contribution in [-0.2, 0) is 6.61 Å². The minimum atomic E-state index is 0.541. The van der Waals surface area contributed by atoms with Crippen molar-refractivity contribution in [3.63, 3.8) is 0 Å². The van der Waals surface area contributed by atoms with Gasteiger partial charge in [-0.1, -0.05) is 15.9 Å². The predicted octanol–water partition coefficient (Wildman–Crippen LogP) is 4.41. The molecule has 4 heteroatoms. The fraction of sp³-hybridized carbons (Fsp3) is 0.308. The average Bonchev–Trinajstić information content (AvgIpc) is 2.69. The lowest BCUT2D eigenvalue weighted by Gasteiger charge is -2.08. The van der Waals surface area contributed by atoms with E-state index < -0.39 is 0 Å². The molecular formula is C13H14BrNOS. The van der Waals surface area contributed by atoms with Crippen LogP contribution in [0.3, 0.4) is 0 Å². The fourth-order valence-corrected chi connectivity index (χ4v) is 2.52. The molecule has 0 saturated carbocycles. The van der Waals surface area contributed by atoms with Crippen LogP contribution < -0.4 is 4.74 Å². The Morgan fingerprint density at radius 2 is 1.88 bits per heavy atom. The first kappa shape index (κ1) is 12.6. The predicted molar refractivity (Wildman–Crippen MR) is 74.8 cm³/mol. The second kappa shape index (κ2) is 5.19. The maximum atomic E-state index is 5.75. The van der Waals surface area contributed by atoms with Crippen molar-refractivity contribution in [2.24, 2.45) is 0 Å². The number of rotatable bonds is 3. The maximum Gasteiger partial charge on any atom is 0.140 e. The Balaban J connectivity index is 2.09. The summed E-state index contributed by atoms with van der Waals surface area (Å²) in [4.78, 5) is 4.37. The third-order valence-corrected chi connectivity index (χ3v) is 4.63. The van der Waals surface area contributed by atoms with Crippen LogP contribution in [0.1, 0.15) is 21.8 Å². The SMILES string of the molecule is Cc1csc(COc2cc(C)c(Br)c(C)c2)n1. The van der Waals surface area contributed by atoms with Crippen molar-refractivity contribution in [2.45, 2.75) is 27.4 Å². The third-order valence-electron chi connectivity index (χ3n) is 2.44. The van der Waals surface area contributed by atoms with Crippen molar-refractivity contribution < 1.29 is 4.74 Å². The van der Waals surface area contributed by atoms with Crippen molar-refractivity contribution in [1.29, 1.82) is 0 Å². The second-order valence-corrected chi connectivity index (χ2v) is 5.78. The number of aryl methyl sites for hydroxylation is 3. The molecule has 1 aromatic heterocycles. The lowest BCUT2D eigenvalue weighted by atomic mass is 10.1. The molecule has 0 unspecified atom stereocenters. The molecule has 2 aromatic rings. The Morgan fingerprint density at radius 3 is 2.41 bits per heavy atom. The van der Waals surface area contributed by atoms with Crippen LogP contribution in [0, 0.1) is 20.8 Å². The molecule has 0 atom stereocenters. The summed E-state index contributed by atoms with van der Waals surface area (Å²) in [5, 5.41) is 3.05. The minimum Gasteiger partial charge on any atom is -0.486 e. The number of nitrogens with zero attached hydrogens (tertiary/aromatic N) is 1. The summed E-state index contributed by atoms with van der Waals surface area (Å²) in [7, 11) is 0. The van der Waals surface area contributed by atoms with Crippen molar-refractivity contribution in [3.05, 3.63) is 43.8 Å². The van der Waals surface area contributed by atoms with E-state index in [9.17, 15) is 0 Å². The molecule has 0 spiro atoms. The third kappa shape index (κ3) is 3.07. The maximum absolute atomic E-state index is 5.75. The molecule has 17 heavy (non-hydrogen) atoms. The molecule has 0 aliphatic rings. The number of aromatic nitrogens is 1. The lowest BCUT2D eigenvalue weighted by Crippen LogP contribution is -1.96. The standard InChI is InChI=1S/C13H14BrNOS/c1-8-4-11(5-9(2)13(8)14)16-6-12-15-10(3)7-17-12/h4-5,7H,6H2,1-3H3. The summed E-state index contributed by atoms with van der Waals surface area (Å²) >= 11 is 5.18. The number of ether oxygens (including phenoxy) is 1. The van der Waals surface area contributed by atoms with E-state index in [1.54, 1.807) is 11.3 Å². The number of halogens is 1. The summed E-state index contributed by atoms with van der Waals surface area (Å²) in [6, 6.07) is 4.08. The monoisotopic (exact) mass is 311 g/mol. The van der Waals surface area contributed by atoms with Gasteiger partial charge in [-0.2, -0.15) is 0 Å². The van der Waals surface area contributed by atoms with E-state index in [4.69, 9.17) is 4.74 Å². The van der Waals surface area contributed by atoms with Crippen LogP contribution in [0.5, 0.6) is 5.75 Å². The Labute approximate surface area is 114 Å². The van der Waals surface area contributed by atoms with E-state index >= 15 is 0 Å². The lowest BCUT2D eigenvalue weighted by molar-refractivity contribution is 0.305. The fourth-order valence-electron chi connectivity index (χ4n) is 1.60. The zero-order valence-corrected chi connectivity index (χ0v) is 12.5. The smallest absolute Gasteiger partial charge is 0.140 e. The number of benzene rings is 1. The van der Waals surface area contributed by atoms with E-state index in [1.807, 2.05) is 24.4 Å². The van der Waals surface area contributed by atoms with Gasteiger partial charge < -0.3 is 4.74 Å². The first-order chi connectivity index (χ1) is 8.06. The highest BCUT2D eigenvalue weighted by atomic mass is 79.9. The van der Waals surface area contributed by atoms with Gasteiger partial charge in [0.25, 0.3) is 0 Å². The molecule has 0 N–H and O–H groups in total. The first-order valence-electron chi connectivity index (χ1n) is 5.37. The molecule has 2 nitrogen and oxygen atoms in total. The van der Waals surface area contributed by atoms with E-state index in [-0.39, 0.29) is 0 Å². The highest BCUT2D eigenvalue weighted by molar-refractivity contribution is 9.10. The number of hydrogen-bond acceptors (Lipinski definition) is 3. The molecule has 0 fully saturated rings. The second-order valence-electron chi connectivity index (χ2n) is 4.04. The summed E-state index contributed by atoms with van der Waals surface area (Å²) < 4.78 is 6.90. The summed E-state index contributed by atoms with van der Waals surface area (Å²) in [6.45, 7) is 6.67. The van der Waals surface area contributed by atoms with Crippen LogP contribution in [0.15, 0.2) is 22.0 Å². The summed E-state index contributed by atoms with van der Waals surface area (Å²) in [5.74, 6) is 0.899. The molecule has 0 saturated heterocycles. The van der Waals surface area contributed by atoms with Gasteiger partial charge in [0.05, 0.1) is 0 Å². The highest BCUT2D eigenvalue weighted by Crippen LogP contribution is 2.27.